The molecule has 7 rings (SSSR count). The molecule has 0 aromatic heterocycles. The molecule has 0 saturated carbocycles. The number of likely N-dealkylation sites (tertiary alicyclic amines) is 2. The lowest BCUT2D eigenvalue weighted by Crippen LogP contribution is -2.48. The van der Waals surface area contributed by atoms with Crippen LogP contribution in [0.2, 0.25) is 10.0 Å². The first-order chi connectivity index (χ1) is 24.6. The molecule has 1 spiro atoms. The van der Waals surface area contributed by atoms with Crippen LogP contribution in [-0.2, 0) is 31.0 Å². The number of hydrogen-bond donors (Lipinski definition) is 2. The minimum absolute atomic E-state index is 0.224. The molecular formula is C40H45Br2Cl2N3O4. The van der Waals surface area contributed by atoms with E-state index in [0.29, 0.717) is 32.6 Å². The van der Waals surface area contributed by atoms with Crippen LogP contribution in [0.4, 0.5) is 0 Å². The Labute approximate surface area is 328 Å². The van der Waals surface area contributed by atoms with Crippen molar-refractivity contribution in [2.75, 3.05) is 39.3 Å². The average molecular weight is 863 g/mol. The van der Waals surface area contributed by atoms with Crippen molar-refractivity contribution in [3.8, 4) is 11.5 Å². The van der Waals surface area contributed by atoms with Crippen LogP contribution in [0.1, 0.15) is 47.9 Å². The smallest absolute Gasteiger partial charge is 0.124 e. The average Bonchev–Trinajstić information content (AvgIpc) is 3.90. The van der Waals surface area contributed by atoms with Crippen molar-refractivity contribution >= 4 is 55.1 Å². The van der Waals surface area contributed by atoms with Gasteiger partial charge < -0.3 is 25.1 Å². The second kappa shape index (κ2) is 17.8. The van der Waals surface area contributed by atoms with Crippen molar-refractivity contribution < 1.29 is 19.3 Å². The Kier molecular flexibility index (Phi) is 13.4. The molecule has 3 heterocycles. The summed E-state index contributed by atoms with van der Waals surface area (Å²) < 4.78 is 19.9. The van der Waals surface area contributed by atoms with Crippen molar-refractivity contribution in [3.05, 3.63) is 126 Å². The first-order valence-electron chi connectivity index (χ1n) is 17.4. The van der Waals surface area contributed by atoms with Crippen molar-refractivity contribution in [1.82, 2.24) is 9.80 Å². The van der Waals surface area contributed by atoms with Gasteiger partial charge in [-0.05, 0) is 97.5 Å². The maximum Gasteiger partial charge on any atom is 0.124 e. The van der Waals surface area contributed by atoms with Gasteiger partial charge in [0, 0.05) is 75.9 Å². The van der Waals surface area contributed by atoms with E-state index in [0.717, 1.165) is 106 Å². The zero-order valence-electron chi connectivity index (χ0n) is 28.6. The first kappa shape index (κ1) is 38.5. The molecular weight excluding hydrogens is 817 g/mol. The van der Waals surface area contributed by atoms with Gasteiger partial charge in [-0.25, -0.2) is 0 Å². The molecule has 7 nitrogen and oxygen atoms in total. The summed E-state index contributed by atoms with van der Waals surface area (Å²) in [5.74, 6) is 1.82. The third-order valence-corrected chi connectivity index (χ3v) is 11.4. The summed E-state index contributed by atoms with van der Waals surface area (Å²) in [7, 11) is 0. The molecule has 51 heavy (non-hydrogen) atoms. The van der Waals surface area contributed by atoms with Gasteiger partial charge in [0.05, 0.1) is 17.8 Å². The summed E-state index contributed by atoms with van der Waals surface area (Å²) >= 11 is 19.0. The number of nitrogens with two attached hydrogens (primary N) is 1. The summed E-state index contributed by atoms with van der Waals surface area (Å²) in [6.45, 7) is 7.85. The molecule has 3 saturated heterocycles. The minimum atomic E-state index is -0.707. The van der Waals surface area contributed by atoms with Gasteiger partial charge in [-0.3, -0.25) is 9.80 Å². The highest BCUT2D eigenvalue weighted by molar-refractivity contribution is 9.10. The fraction of sp³-hybridized carbons (Fsp3) is 0.400. The Hall–Kier alpha value is -2.18. The Morgan fingerprint density at radius 3 is 1.47 bits per heavy atom. The van der Waals surface area contributed by atoms with Gasteiger partial charge in [0.2, 0.25) is 0 Å². The van der Waals surface area contributed by atoms with Gasteiger partial charge in [0.25, 0.3) is 0 Å². The molecule has 0 atom stereocenters. The molecule has 0 amide bonds. The lowest BCUT2D eigenvalue weighted by Gasteiger charge is -2.37. The predicted molar refractivity (Wildman–Crippen MR) is 212 cm³/mol. The van der Waals surface area contributed by atoms with E-state index in [4.69, 9.17) is 43.1 Å². The van der Waals surface area contributed by atoms with Crippen molar-refractivity contribution in [2.24, 2.45) is 5.73 Å². The maximum atomic E-state index is 10.3. The van der Waals surface area contributed by atoms with Crippen molar-refractivity contribution in [3.63, 3.8) is 0 Å². The molecule has 3 aliphatic heterocycles. The molecule has 0 unspecified atom stereocenters. The van der Waals surface area contributed by atoms with Crippen LogP contribution in [-0.4, -0.2) is 65.4 Å². The molecule has 0 bridgehead atoms. The number of hydrogen-bond acceptors (Lipinski definition) is 7. The summed E-state index contributed by atoms with van der Waals surface area (Å²) in [6, 6.07) is 27.8. The van der Waals surface area contributed by atoms with E-state index in [1.807, 2.05) is 72.8 Å². The topological polar surface area (TPSA) is 83.7 Å². The van der Waals surface area contributed by atoms with Crippen LogP contribution in [0, 0.1) is 0 Å². The quantitative estimate of drug-likeness (QED) is 0.146. The van der Waals surface area contributed by atoms with E-state index in [2.05, 4.69) is 53.8 Å². The summed E-state index contributed by atoms with van der Waals surface area (Å²) in [5, 5.41) is 11.8. The van der Waals surface area contributed by atoms with Gasteiger partial charge in [-0.1, -0.05) is 79.3 Å². The fourth-order valence-electron chi connectivity index (χ4n) is 6.43. The van der Waals surface area contributed by atoms with Crippen LogP contribution in [0.5, 0.6) is 11.5 Å². The van der Waals surface area contributed by atoms with Crippen LogP contribution < -0.4 is 15.2 Å². The molecule has 4 aromatic rings. The Morgan fingerprint density at radius 2 is 1.08 bits per heavy atom. The maximum absolute atomic E-state index is 10.3. The zero-order valence-corrected chi connectivity index (χ0v) is 33.3. The van der Waals surface area contributed by atoms with Crippen molar-refractivity contribution in [2.45, 2.75) is 63.2 Å². The van der Waals surface area contributed by atoms with E-state index in [1.54, 1.807) is 0 Å². The first-order valence-corrected chi connectivity index (χ1v) is 19.8. The van der Waals surface area contributed by atoms with Crippen molar-refractivity contribution in [1.29, 1.82) is 0 Å². The highest BCUT2D eigenvalue weighted by Crippen LogP contribution is 2.38. The van der Waals surface area contributed by atoms with Crippen LogP contribution in [0.25, 0.3) is 0 Å². The third kappa shape index (κ3) is 11.4. The monoisotopic (exact) mass is 859 g/mol. The number of benzene rings is 4. The predicted octanol–water partition coefficient (Wildman–Crippen LogP) is 9.01. The van der Waals surface area contributed by atoms with E-state index in [-0.39, 0.29) is 5.60 Å². The molecule has 4 aromatic carbocycles. The Balaban J connectivity index is 0.000000176. The second-order valence-electron chi connectivity index (χ2n) is 13.8. The molecule has 3 N–H and O–H groups in total. The number of ether oxygens (including phenoxy) is 3. The summed E-state index contributed by atoms with van der Waals surface area (Å²) in [4.78, 5) is 4.82. The van der Waals surface area contributed by atoms with Crippen LogP contribution >= 0.6 is 55.1 Å². The molecule has 3 fully saturated rings. The fourth-order valence-corrected chi connectivity index (χ4v) is 7.50. The lowest BCUT2D eigenvalue weighted by atomic mass is 9.91. The normalized spacial score (nSPS) is 18.2. The highest BCUT2D eigenvalue weighted by Gasteiger charge is 2.46. The van der Waals surface area contributed by atoms with E-state index in [1.165, 1.54) is 5.56 Å². The third-order valence-electron chi connectivity index (χ3n) is 9.93. The number of epoxide rings is 1. The standard InChI is InChI=1S/C20H24BrClN2O2.C20H21BrClNO2/c21-17-3-6-19(26-13-15-1-4-18(22)5-2-15)16(11-17)12-24-9-7-20(25,14-23)8-10-24;21-17-3-6-19(24-13-15-1-4-18(22)5-2-15)16(11-17)12-23-9-7-20(8-10-23)14-25-20/h1-6,11,25H,7-10,12-14,23H2;1-6,11H,7-10,12-14H2. The van der Waals surface area contributed by atoms with E-state index < -0.39 is 5.60 Å². The van der Waals surface area contributed by atoms with Gasteiger partial charge in [-0.2, -0.15) is 0 Å². The number of halogens is 4. The van der Waals surface area contributed by atoms with E-state index >= 15 is 0 Å². The SMILES string of the molecule is Clc1ccc(COc2ccc(Br)cc2CN2CCC3(CC2)CO3)cc1.NCC1(O)CCN(Cc2cc(Br)ccc2OCc2ccc(Cl)cc2)CC1. The molecule has 272 valence electrons. The lowest BCUT2D eigenvalue weighted by molar-refractivity contribution is -0.0154. The van der Waals surface area contributed by atoms with Crippen LogP contribution in [0.3, 0.4) is 0 Å². The van der Waals surface area contributed by atoms with Gasteiger partial charge in [0.15, 0.2) is 0 Å². The van der Waals surface area contributed by atoms with Gasteiger partial charge in [-0.15, -0.1) is 0 Å². The molecule has 0 aliphatic carbocycles. The minimum Gasteiger partial charge on any atom is -0.489 e. The van der Waals surface area contributed by atoms with Gasteiger partial charge >= 0.3 is 0 Å². The number of rotatable bonds is 11. The number of nitrogens with zero attached hydrogens (tertiary/aromatic N) is 2. The number of aliphatic hydroxyl groups is 1. The molecule has 11 heteroatoms. The Bertz CT molecular complexity index is 1720. The Morgan fingerprint density at radius 1 is 0.667 bits per heavy atom. The summed E-state index contributed by atoms with van der Waals surface area (Å²) in [6.07, 6.45) is 3.70. The summed E-state index contributed by atoms with van der Waals surface area (Å²) in [5.41, 5.74) is 9.74. The van der Waals surface area contributed by atoms with Crippen LogP contribution in [0.15, 0.2) is 93.9 Å². The largest absolute Gasteiger partial charge is 0.489 e. The molecule has 3 aliphatic rings. The number of piperidine rings is 2. The zero-order chi connectivity index (χ0) is 35.8. The second-order valence-corrected chi connectivity index (χ2v) is 16.5. The van der Waals surface area contributed by atoms with Gasteiger partial charge in [0.1, 0.15) is 24.7 Å². The highest BCUT2D eigenvalue weighted by atomic mass is 79.9. The molecule has 0 radical (unpaired) electrons. The van der Waals surface area contributed by atoms with E-state index in [9.17, 15) is 5.11 Å².